The Morgan fingerprint density at radius 2 is 2.19 bits per heavy atom. The molecule has 0 bridgehead atoms. The van der Waals surface area contributed by atoms with Crippen LogP contribution in [-0.4, -0.2) is 26.0 Å². The Labute approximate surface area is 95.4 Å². The molecule has 0 aliphatic carbocycles. The molecule has 1 saturated heterocycles. The molecule has 16 heavy (non-hydrogen) atoms. The Balaban J connectivity index is 2.30. The van der Waals surface area contributed by atoms with E-state index in [4.69, 9.17) is 4.74 Å². The Hall–Kier alpha value is -0.940. The highest BCUT2D eigenvalue weighted by atomic mass is 16.5. The highest BCUT2D eigenvalue weighted by Gasteiger charge is 2.29. The van der Waals surface area contributed by atoms with Crippen molar-refractivity contribution in [3.8, 4) is 0 Å². The first-order valence-corrected chi connectivity index (χ1v) is 5.83. The third-order valence-corrected chi connectivity index (χ3v) is 2.97. The van der Waals surface area contributed by atoms with Crippen LogP contribution in [-0.2, 0) is 11.3 Å². The van der Waals surface area contributed by atoms with Crippen molar-refractivity contribution in [2.75, 3.05) is 0 Å². The highest BCUT2D eigenvalue weighted by molar-refractivity contribution is 5.02. The first kappa shape index (κ1) is 11.5. The fraction of sp³-hybridized carbons (Fsp3) is 0.818. The lowest BCUT2D eigenvalue weighted by atomic mass is 10.2. The number of aromatic nitrogens is 3. The highest BCUT2D eigenvalue weighted by Crippen LogP contribution is 2.32. The normalized spacial score (nSPS) is 25.6. The second-order valence-corrected chi connectivity index (χ2v) is 4.61. The van der Waals surface area contributed by atoms with Crippen LogP contribution in [0.3, 0.4) is 0 Å². The van der Waals surface area contributed by atoms with Gasteiger partial charge < -0.3 is 14.4 Å². The first-order valence-electron chi connectivity index (χ1n) is 5.83. The van der Waals surface area contributed by atoms with Gasteiger partial charge in [0, 0.05) is 6.04 Å². The van der Waals surface area contributed by atoms with Gasteiger partial charge in [0.15, 0.2) is 11.6 Å². The van der Waals surface area contributed by atoms with Gasteiger partial charge in [-0.1, -0.05) is 0 Å². The molecule has 1 N–H and O–H groups in total. The molecule has 1 fully saturated rings. The van der Waals surface area contributed by atoms with E-state index in [0.29, 0.717) is 11.9 Å². The predicted octanol–water partition coefficient (Wildman–Crippen LogP) is 1.59. The van der Waals surface area contributed by atoms with Crippen LogP contribution in [0.2, 0.25) is 0 Å². The zero-order valence-electron chi connectivity index (χ0n) is 10.1. The molecular weight excluding hydrogens is 206 g/mol. The van der Waals surface area contributed by atoms with Crippen LogP contribution in [0.4, 0.5) is 0 Å². The third kappa shape index (κ3) is 1.97. The Bertz CT molecular complexity index is 362. The summed E-state index contributed by atoms with van der Waals surface area (Å²) in [5.41, 5.74) is 0. The molecule has 2 heterocycles. The summed E-state index contributed by atoms with van der Waals surface area (Å²) in [6.07, 6.45) is 2.37. The monoisotopic (exact) mass is 225 g/mol. The van der Waals surface area contributed by atoms with Gasteiger partial charge in [0.2, 0.25) is 0 Å². The Morgan fingerprint density at radius 3 is 2.69 bits per heavy atom. The maximum Gasteiger partial charge on any atom is 0.162 e. The van der Waals surface area contributed by atoms with Crippen LogP contribution < -0.4 is 0 Å². The van der Waals surface area contributed by atoms with Crippen molar-refractivity contribution in [3.05, 3.63) is 11.6 Å². The van der Waals surface area contributed by atoms with Crippen LogP contribution >= 0.6 is 0 Å². The number of aliphatic hydroxyl groups is 1. The summed E-state index contributed by atoms with van der Waals surface area (Å²) in [7, 11) is 0. The molecular formula is C11H19N3O2. The molecule has 90 valence electrons. The lowest BCUT2D eigenvalue weighted by Gasteiger charge is -2.16. The van der Waals surface area contributed by atoms with Gasteiger partial charge in [-0.3, -0.25) is 0 Å². The summed E-state index contributed by atoms with van der Waals surface area (Å²) in [4.78, 5) is 0. The molecule has 5 heteroatoms. The van der Waals surface area contributed by atoms with Gasteiger partial charge in [-0.25, -0.2) is 0 Å². The second kappa shape index (κ2) is 4.51. The number of rotatable bonds is 3. The summed E-state index contributed by atoms with van der Waals surface area (Å²) in [6, 6.07) is 0.242. The van der Waals surface area contributed by atoms with Crippen molar-refractivity contribution >= 4 is 0 Å². The Kier molecular flexibility index (Phi) is 3.25. The number of ether oxygens (including phenoxy) is 1. The van der Waals surface area contributed by atoms with Crippen molar-refractivity contribution in [1.29, 1.82) is 0 Å². The topological polar surface area (TPSA) is 60.2 Å². The molecule has 0 radical (unpaired) electrons. The fourth-order valence-corrected chi connectivity index (χ4v) is 2.22. The van der Waals surface area contributed by atoms with Crippen molar-refractivity contribution in [2.45, 2.75) is 58.5 Å². The summed E-state index contributed by atoms with van der Waals surface area (Å²) < 4.78 is 7.77. The predicted molar refractivity (Wildman–Crippen MR) is 58.9 cm³/mol. The van der Waals surface area contributed by atoms with E-state index in [9.17, 15) is 5.11 Å². The van der Waals surface area contributed by atoms with Gasteiger partial charge in [0.25, 0.3) is 0 Å². The van der Waals surface area contributed by atoms with E-state index in [-0.39, 0.29) is 18.8 Å². The number of hydrogen-bond donors (Lipinski definition) is 1. The maximum atomic E-state index is 9.21. The van der Waals surface area contributed by atoms with Gasteiger partial charge in [-0.05, 0) is 33.6 Å². The van der Waals surface area contributed by atoms with Gasteiger partial charge >= 0.3 is 0 Å². The molecule has 2 rings (SSSR count). The van der Waals surface area contributed by atoms with E-state index < -0.39 is 0 Å². The SMILES string of the molecule is CC1CCC(c2nnc(CO)n2C(C)C)O1. The molecule has 0 aromatic carbocycles. The van der Waals surface area contributed by atoms with E-state index in [1.165, 1.54) is 0 Å². The van der Waals surface area contributed by atoms with E-state index in [0.717, 1.165) is 18.7 Å². The molecule has 1 aliphatic heterocycles. The molecule has 1 aromatic heterocycles. The molecule has 5 nitrogen and oxygen atoms in total. The molecule has 1 aromatic rings. The van der Waals surface area contributed by atoms with Crippen LogP contribution in [0.25, 0.3) is 0 Å². The van der Waals surface area contributed by atoms with Crippen LogP contribution in [0.15, 0.2) is 0 Å². The largest absolute Gasteiger partial charge is 0.388 e. The standard InChI is InChI=1S/C11H19N3O2/c1-7(2)14-10(6-15)12-13-11(14)9-5-4-8(3)16-9/h7-9,15H,4-6H2,1-3H3. The van der Waals surface area contributed by atoms with E-state index in [1.54, 1.807) is 0 Å². The summed E-state index contributed by atoms with van der Waals surface area (Å²) in [6.45, 7) is 6.12. The lowest BCUT2D eigenvalue weighted by Crippen LogP contribution is -2.14. The minimum atomic E-state index is -0.0759. The van der Waals surface area contributed by atoms with Gasteiger partial charge in [-0.2, -0.15) is 0 Å². The quantitative estimate of drug-likeness (QED) is 0.848. The van der Waals surface area contributed by atoms with Crippen molar-refractivity contribution in [2.24, 2.45) is 0 Å². The zero-order valence-corrected chi connectivity index (χ0v) is 10.1. The van der Waals surface area contributed by atoms with Crippen LogP contribution in [0, 0.1) is 0 Å². The molecule has 0 amide bonds. The summed E-state index contributed by atoms with van der Waals surface area (Å²) in [5.74, 6) is 1.47. The summed E-state index contributed by atoms with van der Waals surface area (Å²) >= 11 is 0. The minimum absolute atomic E-state index is 0.0326. The number of aliphatic hydroxyl groups excluding tert-OH is 1. The van der Waals surface area contributed by atoms with Crippen molar-refractivity contribution < 1.29 is 9.84 Å². The zero-order chi connectivity index (χ0) is 11.7. The van der Waals surface area contributed by atoms with E-state index in [2.05, 4.69) is 31.0 Å². The number of nitrogens with zero attached hydrogens (tertiary/aromatic N) is 3. The van der Waals surface area contributed by atoms with E-state index in [1.807, 2.05) is 4.57 Å². The molecule has 1 aliphatic rings. The molecule has 2 unspecified atom stereocenters. The Morgan fingerprint density at radius 1 is 1.44 bits per heavy atom. The van der Waals surface area contributed by atoms with Gasteiger partial charge in [0.1, 0.15) is 12.7 Å². The second-order valence-electron chi connectivity index (χ2n) is 4.61. The summed E-state index contributed by atoms with van der Waals surface area (Å²) in [5, 5.41) is 17.4. The van der Waals surface area contributed by atoms with Gasteiger partial charge in [-0.15, -0.1) is 10.2 Å². The molecule has 2 atom stereocenters. The lowest BCUT2D eigenvalue weighted by molar-refractivity contribution is 0.0470. The number of hydrogen-bond acceptors (Lipinski definition) is 4. The molecule has 0 spiro atoms. The maximum absolute atomic E-state index is 9.21. The third-order valence-electron chi connectivity index (χ3n) is 2.97. The van der Waals surface area contributed by atoms with Crippen LogP contribution in [0.5, 0.6) is 0 Å². The van der Waals surface area contributed by atoms with Crippen molar-refractivity contribution in [1.82, 2.24) is 14.8 Å². The van der Waals surface area contributed by atoms with Crippen LogP contribution in [0.1, 0.15) is 57.4 Å². The minimum Gasteiger partial charge on any atom is -0.388 e. The average molecular weight is 225 g/mol. The van der Waals surface area contributed by atoms with E-state index >= 15 is 0 Å². The first-order chi connectivity index (χ1) is 7.63. The average Bonchev–Trinajstić information content (AvgIpc) is 2.82. The smallest absolute Gasteiger partial charge is 0.162 e. The van der Waals surface area contributed by atoms with Crippen molar-refractivity contribution in [3.63, 3.8) is 0 Å². The fourth-order valence-electron chi connectivity index (χ4n) is 2.22. The molecule has 0 saturated carbocycles. The van der Waals surface area contributed by atoms with Gasteiger partial charge in [0.05, 0.1) is 6.10 Å².